The van der Waals surface area contributed by atoms with Crippen LogP contribution in [0.15, 0.2) is 12.1 Å². The number of hydrogen-bond acceptors (Lipinski definition) is 6. The van der Waals surface area contributed by atoms with Gasteiger partial charge < -0.3 is 30.5 Å². The third-order valence-corrected chi connectivity index (χ3v) is 12.5. The molecule has 177 valence electrons. The SMILES string of the molecule is C[Si](C)(CCCN)Oc1ccc([Si])c(O[Si](C)(C)CCCN)c1O[Si](C)(C)CCCN. The van der Waals surface area contributed by atoms with Crippen LogP contribution in [0.4, 0.5) is 0 Å². The lowest BCUT2D eigenvalue weighted by Crippen LogP contribution is -2.40. The van der Waals surface area contributed by atoms with Crippen molar-refractivity contribution in [1.82, 2.24) is 0 Å². The van der Waals surface area contributed by atoms with Crippen molar-refractivity contribution < 1.29 is 13.3 Å². The van der Waals surface area contributed by atoms with Crippen LogP contribution >= 0.6 is 0 Å². The largest absolute Gasteiger partial charge is 0.542 e. The average Bonchev–Trinajstić information content (AvgIpc) is 2.68. The molecule has 1 aromatic rings. The Labute approximate surface area is 196 Å². The zero-order valence-electron chi connectivity index (χ0n) is 20.5. The maximum atomic E-state index is 6.75. The van der Waals surface area contributed by atoms with Gasteiger partial charge in [0.05, 0.1) is 10.2 Å². The quantitative estimate of drug-likeness (QED) is 0.320. The van der Waals surface area contributed by atoms with Crippen LogP contribution in [0.1, 0.15) is 19.3 Å². The maximum absolute atomic E-state index is 6.75. The van der Waals surface area contributed by atoms with Gasteiger partial charge in [-0.2, -0.15) is 0 Å². The van der Waals surface area contributed by atoms with Crippen LogP contribution in [-0.2, 0) is 0 Å². The van der Waals surface area contributed by atoms with Crippen LogP contribution in [0.3, 0.4) is 0 Å². The molecule has 1 aromatic carbocycles. The van der Waals surface area contributed by atoms with E-state index in [4.69, 9.17) is 30.5 Å². The van der Waals surface area contributed by atoms with Gasteiger partial charge in [0.15, 0.2) is 5.75 Å². The molecular weight excluding hydrogens is 455 g/mol. The van der Waals surface area contributed by atoms with E-state index in [2.05, 4.69) is 49.5 Å². The third kappa shape index (κ3) is 10.2. The zero-order valence-corrected chi connectivity index (χ0v) is 24.5. The Hall–Kier alpha value is -0.632. The third-order valence-electron chi connectivity index (χ3n) is 5.17. The van der Waals surface area contributed by atoms with Crippen molar-refractivity contribution in [3.8, 4) is 17.2 Å². The van der Waals surface area contributed by atoms with Crippen molar-refractivity contribution in [2.75, 3.05) is 19.6 Å². The van der Waals surface area contributed by atoms with E-state index in [1.165, 1.54) is 0 Å². The Morgan fingerprint density at radius 2 is 1.03 bits per heavy atom. The molecule has 6 N–H and O–H groups in total. The molecule has 0 aliphatic carbocycles. The topological polar surface area (TPSA) is 106 Å². The van der Waals surface area contributed by atoms with Crippen LogP contribution in [0.5, 0.6) is 17.2 Å². The molecule has 10 heteroatoms. The summed E-state index contributed by atoms with van der Waals surface area (Å²) in [4.78, 5) is 0. The van der Waals surface area contributed by atoms with Gasteiger partial charge in [-0.15, -0.1) is 0 Å². The molecule has 0 amide bonds. The minimum Gasteiger partial charge on any atom is -0.542 e. The van der Waals surface area contributed by atoms with Crippen molar-refractivity contribution in [2.45, 2.75) is 76.7 Å². The van der Waals surface area contributed by atoms with Crippen LogP contribution in [0.2, 0.25) is 57.4 Å². The smallest absolute Gasteiger partial charge is 0.245 e. The first-order chi connectivity index (χ1) is 14.4. The fourth-order valence-corrected chi connectivity index (χ4v) is 9.49. The van der Waals surface area contributed by atoms with E-state index >= 15 is 0 Å². The number of rotatable bonds is 15. The number of benzene rings is 1. The molecule has 0 fully saturated rings. The molecule has 0 atom stereocenters. The molecule has 0 saturated carbocycles. The fourth-order valence-electron chi connectivity index (χ4n) is 3.41. The molecule has 6 nitrogen and oxygen atoms in total. The highest BCUT2D eigenvalue weighted by molar-refractivity contribution is 6.73. The lowest BCUT2D eigenvalue weighted by atomic mass is 10.3. The summed E-state index contributed by atoms with van der Waals surface area (Å²) < 4.78 is 20.0. The first kappa shape index (κ1) is 28.4. The minimum atomic E-state index is -2.02. The molecule has 1 rings (SSSR count). The molecule has 3 radical (unpaired) electrons. The molecule has 0 aliphatic heterocycles. The van der Waals surface area contributed by atoms with Gasteiger partial charge in [-0.3, -0.25) is 0 Å². The van der Waals surface area contributed by atoms with E-state index in [9.17, 15) is 0 Å². The van der Waals surface area contributed by atoms with E-state index in [1.807, 2.05) is 12.1 Å². The Kier molecular flexibility index (Phi) is 11.5. The second-order valence-corrected chi connectivity index (χ2v) is 23.2. The minimum absolute atomic E-state index is 0.669. The van der Waals surface area contributed by atoms with Gasteiger partial charge in [0.25, 0.3) is 0 Å². The Morgan fingerprint density at radius 3 is 1.45 bits per heavy atom. The molecule has 0 unspecified atom stereocenters. The normalized spacial score (nSPS) is 12.7. The molecule has 0 spiro atoms. The number of hydrogen-bond donors (Lipinski definition) is 3. The molecule has 0 heterocycles. The van der Waals surface area contributed by atoms with Crippen molar-refractivity contribution >= 4 is 40.4 Å². The fraction of sp³-hybridized carbons (Fsp3) is 0.714. The monoisotopic (exact) mass is 498 g/mol. The second kappa shape index (κ2) is 12.6. The summed E-state index contributed by atoms with van der Waals surface area (Å²) in [5.74, 6) is 2.28. The summed E-state index contributed by atoms with van der Waals surface area (Å²) in [7, 11) is -2.20. The number of nitrogens with two attached hydrogens (primary N) is 3. The van der Waals surface area contributed by atoms with Gasteiger partial charge in [0.2, 0.25) is 25.0 Å². The first-order valence-electron chi connectivity index (χ1n) is 11.4. The summed E-state index contributed by atoms with van der Waals surface area (Å²) in [6.45, 7) is 15.4. The lowest BCUT2D eigenvalue weighted by Gasteiger charge is -2.33. The highest BCUT2D eigenvalue weighted by atomic mass is 28.4. The van der Waals surface area contributed by atoms with Crippen LogP contribution in [-0.4, -0.2) is 54.8 Å². The van der Waals surface area contributed by atoms with E-state index in [1.54, 1.807) is 0 Å². The molecule has 31 heavy (non-hydrogen) atoms. The highest BCUT2D eigenvalue weighted by Crippen LogP contribution is 2.41. The van der Waals surface area contributed by atoms with Gasteiger partial charge in [0.1, 0.15) is 11.5 Å². The molecular formula is C21H44N3O3Si4. The van der Waals surface area contributed by atoms with Gasteiger partial charge in [-0.25, -0.2) is 0 Å². The zero-order chi connectivity index (χ0) is 23.7. The van der Waals surface area contributed by atoms with E-state index in [-0.39, 0.29) is 0 Å². The van der Waals surface area contributed by atoms with Gasteiger partial charge in [-0.1, -0.05) is 6.07 Å². The lowest BCUT2D eigenvalue weighted by molar-refractivity contribution is 0.447. The predicted octanol–water partition coefficient (Wildman–Crippen LogP) is 3.28. The van der Waals surface area contributed by atoms with Crippen molar-refractivity contribution in [2.24, 2.45) is 17.2 Å². The standard InChI is InChI=1S/C21H44N3O3Si4/c1-29(2,15-7-12-22)25-18-10-11-19(28)21(27-31(5,6)17-9-14-24)20(18)26-30(3,4)16-8-13-23/h10-11H,7-9,12-17,22-24H2,1-6H3. The Balaban J connectivity index is 3.39. The summed E-state index contributed by atoms with van der Waals surface area (Å²) in [6.07, 6.45) is 2.87. The Bertz CT molecular complexity index is 688. The summed E-state index contributed by atoms with van der Waals surface area (Å²) in [6, 6.07) is 6.98. The molecule has 0 bridgehead atoms. The highest BCUT2D eigenvalue weighted by Gasteiger charge is 2.33. The van der Waals surface area contributed by atoms with Gasteiger partial charge in [-0.05, 0) is 108 Å². The van der Waals surface area contributed by atoms with Crippen LogP contribution in [0.25, 0.3) is 0 Å². The summed E-state index contributed by atoms with van der Waals surface area (Å²) >= 11 is 0. The van der Waals surface area contributed by atoms with Gasteiger partial charge >= 0.3 is 0 Å². The van der Waals surface area contributed by atoms with Gasteiger partial charge in [0, 0.05) is 0 Å². The van der Waals surface area contributed by atoms with Crippen molar-refractivity contribution in [1.29, 1.82) is 0 Å². The van der Waals surface area contributed by atoms with E-state index in [0.717, 1.165) is 59.8 Å². The molecule has 0 aliphatic rings. The van der Waals surface area contributed by atoms with Crippen LogP contribution < -0.4 is 35.7 Å². The van der Waals surface area contributed by atoms with Crippen molar-refractivity contribution in [3.63, 3.8) is 0 Å². The van der Waals surface area contributed by atoms with Crippen molar-refractivity contribution in [3.05, 3.63) is 12.1 Å². The van der Waals surface area contributed by atoms with E-state index in [0.29, 0.717) is 19.6 Å². The first-order valence-corrected chi connectivity index (χ1v) is 21.3. The predicted molar refractivity (Wildman–Crippen MR) is 142 cm³/mol. The summed E-state index contributed by atoms with van der Waals surface area (Å²) in [5.41, 5.74) is 17.3. The summed E-state index contributed by atoms with van der Waals surface area (Å²) in [5, 5.41) is 0.890. The maximum Gasteiger partial charge on any atom is 0.245 e. The second-order valence-electron chi connectivity index (χ2n) is 10.0. The van der Waals surface area contributed by atoms with Crippen LogP contribution in [0, 0.1) is 0 Å². The molecule has 0 aromatic heterocycles. The van der Waals surface area contributed by atoms with E-state index < -0.39 is 25.0 Å². The molecule has 0 saturated heterocycles. The average molecular weight is 499 g/mol. The Morgan fingerprint density at radius 1 is 0.645 bits per heavy atom.